The summed E-state index contributed by atoms with van der Waals surface area (Å²) < 4.78 is 5.43. The van der Waals surface area contributed by atoms with E-state index in [1.807, 2.05) is 6.07 Å². The van der Waals surface area contributed by atoms with Gasteiger partial charge in [0, 0.05) is 28.2 Å². The molecule has 2 aliphatic rings. The van der Waals surface area contributed by atoms with Gasteiger partial charge < -0.3 is 9.72 Å². The number of nitrogens with one attached hydrogen (secondary N) is 1. The zero-order valence-corrected chi connectivity index (χ0v) is 17.8. The molecule has 1 aromatic heterocycles. The summed E-state index contributed by atoms with van der Waals surface area (Å²) in [5.74, 6) is 2.21. The Morgan fingerprint density at radius 1 is 1.10 bits per heavy atom. The van der Waals surface area contributed by atoms with Crippen molar-refractivity contribution in [2.75, 3.05) is 20.2 Å². The lowest BCUT2D eigenvalue weighted by Gasteiger charge is -2.33. The van der Waals surface area contributed by atoms with Gasteiger partial charge in [0.15, 0.2) is 0 Å². The number of aromatic amines is 1. The van der Waals surface area contributed by atoms with Gasteiger partial charge in [-0.2, -0.15) is 0 Å². The molecule has 2 heterocycles. The highest BCUT2D eigenvalue weighted by molar-refractivity contribution is 7.80. The van der Waals surface area contributed by atoms with E-state index in [4.69, 9.17) is 17.0 Å². The number of benzene rings is 2. The first-order valence-corrected chi connectivity index (χ1v) is 11.1. The zero-order chi connectivity index (χ0) is 19.8. The van der Waals surface area contributed by atoms with E-state index in [-0.39, 0.29) is 0 Å². The molecule has 1 atom stereocenters. The second-order valence-electron chi connectivity index (χ2n) is 8.60. The number of H-pyrrole nitrogens is 1. The first kappa shape index (κ1) is 18.8. The van der Waals surface area contributed by atoms with E-state index in [1.54, 1.807) is 7.11 Å². The lowest BCUT2D eigenvalue weighted by atomic mass is 9.85. The van der Waals surface area contributed by atoms with Crippen molar-refractivity contribution < 1.29 is 4.74 Å². The molecule has 1 N–H and O–H groups in total. The van der Waals surface area contributed by atoms with Crippen LogP contribution in [-0.4, -0.2) is 34.9 Å². The summed E-state index contributed by atoms with van der Waals surface area (Å²) in [6.45, 7) is 3.47. The maximum Gasteiger partial charge on any atom is 0.119 e. The fourth-order valence-corrected chi connectivity index (χ4v) is 5.49. The molecule has 3 aromatic rings. The van der Waals surface area contributed by atoms with Crippen molar-refractivity contribution in [1.29, 1.82) is 0 Å². The van der Waals surface area contributed by atoms with E-state index < -0.39 is 0 Å². The van der Waals surface area contributed by atoms with Crippen LogP contribution in [0.2, 0.25) is 0 Å². The van der Waals surface area contributed by atoms with Crippen molar-refractivity contribution >= 4 is 28.0 Å². The van der Waals surface area contributed by atoms with E-state index >= 15 is 0 Å². The van der Waals surface area contributed by atoms with Crippen LogP contribution in [0.1, 0.15) is 36.1 Å². The average molecular weight is 405 g/mol. The number of ether oxygens (including phenoxy) is 1. The number of likely N-dealkylation sites (tertiary alicyclic amines) is 1. The first-order valence-electron chi connectivity index (χ1n) is 10.7. The largest absolute Gasteiger partial charge is 0.497 e. The Kier molecular flexibility index (Phi) is 5.15. The van der Waals surface area contributed by atoms with E-state index in [0.717, 1.165) is 29.5 Å². The van der Waals surface area contributed by atoms with Crippen molar-refractivity contribution in [3.05, 3.63) is 65.4 Å². The minimum atomic E-state index is 0.507. The van der Waals surface area contributed by atoms with Gasteiger partial charge in [-0.25, -0.2) is 0 Å². The molecule has 0 amide bonds. The summed E-state index contributed by atoms with van der Waals surface area (Å²) >= 11 is 5.90. The van der Waals surface area contributed by atoms with Crippen LogP contribution in [0.25, 0.3) is 10.9 Å². The molecule has 29 heavy (non-hydrogen) atoms. The maximum atomic E-state index is 5.90. The molecule has 150 valence electrons. The van der Waals surface area contributed by atoms with Crippen LogP contribution in [0.5, 0.6) is 5.75 Å². The standard InChI is InChI=1S/C25H28N2OS/c1-28-20-7-8-23-21(15-20)22-14-19(25(29)24(22)26-23)13-17-9-11-27(12-10-17)16-18-5-3-2-4-6-18/h2-8,15,17,19,26H,9-14,16H2,1H3. The monoisotopic (exact) mass is 404 g/mol. The van der Waals surface area contributed by atoms with E-state index in [0.29, 0.717) is 5.92 Å². The van der Waals surface area contributed by atoms with Gasteiger partial charge in [0.25, 0.3) is 0 Å². The number of hydrogen-bond donors (Lipinski definition) is 1. The van der Waals surface area contributed by atoms with Gasteiger partial charge in [-0.3, -0.25) is 4.90 Å². The minimum Gasteiger partial charge on any atom is -0.497 e. The summed E-state index contributed by atoms with van der Waals surface area (Å²) in [6, 6.07) is 17.1. The number of rotatable bonds is 5. The van der Waals surface area contributed by atoms with Gasteiger partial charge in [0.1, 0.15) is 5.75 Å². The molecule has 2 aromatic carbocycles. The number of methoxy groups -OCH3 is 1. The second-order valence-corrected chi connectivity index (χ2v) is 9.04. The van der Waals surface area contributed by atoms with Gasteiger partial charge in [0.2, 0.25) is 0 Å². The molecule has 0 bridgehead atoms. The molecular formula is C25H28N2OS. The SMILES string of the molecule is COc1ccc2[nH]c3c(c2c1)CC(CC1CCN(Cc2ccccc2)CC1)C3=S. The first-order chi connectivity index (χ1) is 14.2. The Bertz CT molecular complexity index is 1020. The topological polar surface area (TPSA) is 28.3 Å². The van der Waals surface area contributed by atoms with Gasteiger partial charge in [0.05, 0.1) is 12.8 Å². The Balaban J connectivity index is 1.21. The van der Waals surface area contributed by atoms with Crippen LogP contribution in [0.4, 0.5) is 0 Å². The molecule has 3 nitrogen and oxygen atoms in total. The van der Waals surface area contributed by atoms with Crippen molar-refractivity contribution in [3.63, 3.8) is 0 Å². The van der Waals surface area contributed by atoms with Crippen molar-refractivity contribution in [1.82, 2.24) is 9.88 Å². The van der Waals surface area contributed by atoms with E-state index in [1.165, 1.54) is 60.1 Å². The average Bonchev–Trinajstić information content (AvgIpc) is 3.26. The van der Waals surface area contributed by atoms with E-state index in [9.17, 15) is 0 Å². The Morgan fingerprint density at radius 2 is 1.90 bits per heavy atom. The number of thiocarbonyl (C=S) groups is 1. The van der Waals surface area contributed by atoms with Crippen LogP contribution >= 0.6 is 12.2 Å². The van der Waals surface area contributed by atoms with Gasteiger partial charge in [-0.05, 0) is 74.0 Å². The van der Waals surface area contributed by atoms with Gasteiger partial charge >= 0.3 is 0 Å². The number of fused-ring (bicyclic) bond motifs is 3. The molecule has 4 heteroatoms. The van der Waals surface area contributed by atoms with Crippen LogP contribution < -0.4 is 4.74 Å². The molecule has 1 aliphatic heterocycles. The van der Waals surface area contributed by atoms with Crippen LogP contribution in [0, 0.1) is 11.8 Å². The predicted molar refractivity (Wildman–Crippen MR) is 123 cm³/mol. The summed E-state index contributed by atoms with van der Waals surface area (Å²) in [4.78, 5) is 7.31. The van der Waals surface area contributed by atoms with Crippen LogP contribution in [0.15, 0.2) is 48.5 Å². The summed E-state index contributed by atoms with van der Waals surface area (Å²) in [6.07, 6.45) is 4.88. The van der Waals surface area contributed by atoms with Crippen molar-refractivity contribution in [2.45, 2.75) is 32.2 Å². The van der Waals surface area contributed by atoms with Gasteiger partial charge in [-0.1, -0.05) is 42.5 Å². The third-order valence-corrected chi connectivity index (χ3v) is 7.29. The highest BCUT2D eigenvalue weighted by Gasteiger charge is 2.33. The molecule has 5 rings (SSSR count). The lowest BCUT2D eigenvalue weighted by Crippen LogP contribution is -2.34. The van der Waals surface area contributed by atoms with Crippen LogP contribution in [0.3, 0.4) is 0 Å². The molecule has 1 aliphatic carbocycles. The maximum absolute atomic E-state index is 5.90. The second kappa shape index (κ2) is 7.92. The Hall–Kier alpha value is -2.17. The quantitative estimate of drug-likeness (QED) is 0.580. The van der Waals surface area contributed by atoms with E-state index in [2.05, 4.69) is 52.3 Å². The number of nitrogens with zero attached hydrogens (tertiary/aromatic N) is 1. The Morgan fingerprint density at radius 3 is 2.66 bits per heavy atom. The number of aromatic nitrogens is 1. The summed E-state index contributed by atoms with van der Waals surface area (Å²) in [5, 5.41) is 1.28. The predicted octanol–water partition coefficient (Wildman–Crippen LogP) is 5.37. The molecule has 1 unspecified atom stereocenters. The van der Waals surface area contributed by atoms with Gasteiger partial charge in [-0.15, -0.1) is 0 Å². The molecule has 0 spiro atoms. The summed E-state index contributed by atoms with van der Waals surface area (Å²) in [7, 11) is 1.73. The fraction of sp³-hybridized carbons (Fsp3) is 0.400. The highest BCUT2D eigenvalue weighted by Crippen LogP contribution is 2.39. The molecule has 1 fully saturated rings. The van der Waals surface area contributed by atoms with Crippen LogP contribution in [-0.2, 0) is 13.0 Å². The third kappa shape index (κ3) is 3.72. The molecule has 1 saturated heterocycles. The normalized spacial score (nSPS) is 20.3. The molecular weight excluding hydrogens is 376 g/mol. The zero-order valence-electron chi connectivity index (χ0n) is 17.0. The smallest absolute Gasteiger partial charge is 0.119 e. The molecule has 0 saturated carbocycles. The fourth-order valence-electron chi connectivity index (χ4n) is 5.13. The highest BCUT2D eigenvalue weighted by atomic mass is 32.1. The Labute approximate surface area is 178 Å². The summed E-state index contributed by atoms with van der Waals surface area (Å²) in [5.41, 5.74) is 5.19. The van der Waals surface area contributed by atoms with Crippen molar-refractivity contribution in [3.8, 4) is 5.75 Å². The molecule has 0 radical (unpaired) electrons. The third-order valence-electron chi connectivity index (χ3n) is 6.76. The van der Waals surface area contributed by atoms with Crippen molar-refractivity contribution in [2.24, 2.45) is 11.8 Å². The number of piperidine rings is 1. The number of hydrogen-bond acceptors (Lipinski definition) is 3. The minimum absolute atomic E-state index is 0.507. The lowest BCUT2D eigenvalue weighted by molar-refractivity contribution is 0.167.